The number of rotatable bonds is 10. The van der Waals surface area contributed by atoms with E-state index < -0.39 is 30.1 Å². The first-order valence-corrected chi connectivity index (χ1v) is 13.6. The van der Waals surface area contributed by atoms with E-state index in [1.165, 1.54) is 0 Å². The van der Waals surface area contributed by atoms with Crippen molar-refractivity contribution in [1.82, 2.24) is 4.98 Å². The monoisotopic (exact) mass is 678 g/mol. The summed E-state index contributed by atoms with van der Waals surface area (Å²) < 4.78 is 90.7. The van der Waals surface area contributed by atoms with Gasteiger partial charge >= 0.3 is 24.3 Å². The van der Waals surface area contributed by atoms with Crippen LogP contribution >= 0.6 is 0 Å². The van der Waals surface area contributed by atoms with E-state index >= 15 is 4.39 Å². The molecule has 0 bridgehead atoms. The van der Waals surface area contributed by atoms with Crippen LogP contribution in [0.5, 0.6) is 11.5 Å². The van der Waals surface area contributed by atoms with Gasteiger partial charge in [0, 0.05) is 29.1 Å². The van der Waals surface area contributed by atoms with Gasteiger partial charge in [0.15, 0.2) is 11.6 Å². The second-order valence-corrected chi connectivity index (χ2v) is 9.48. The summed E-state index contributed by atoms with van der Waals surface area (Å²) in [6.07, 6.45) is -9.56. The van der Waals surface area contributed by atoms with Gasteiger partial charge in [-0.1, -0.05) is 13.0 Å². The predicted octanol–water partition coefficient (Wildman–Crippen LogP) is 6.86. The molecule has 5 N–H and O–H groups in total. The maximum atomic E-state index is 15.7. The highest BCUT2D eigenvalue weighted by atomic mass is 19.4. The van der Waals surface area contributed by atoms with Crippen molar-refractivity contribution in [1.29, 1.82) is 5.41 Å². The van der Waals surface area contributed by atoms with Crippen LogP contribution < -0.4 is 20.1 Å². The average Bonchev–Trinajstić information content (AvgIpc) is 2.97. The standard InChI is InChI=1S/C26H31FN4O2.2C2HF3O2/c1-5-19-8-7-9-20(30-19)16-31(21-12-10-18(11-13-21)26(28)29)23-14-22(32-6-2)15-24(25(23)27)33-17(3)4;2*3-2(4,5)1(6)7/h7-15,17H,5-6,16H2,1-4H3,(H3,28,29);2*(H,6,7). The SMILES string of the molecule is CCOc1cc(OC(C)C)c(F)c(N(Cc2cccc(CC)n2)c2ccc(C(=N)N)cc2)c1.O=C(O)C(F)(F)F.O=C(O)C(F)(F)F. The molecule has 17 heteroatoms. The summed E-state index contributed by atoms with van der Waals surface area (Å²) in [5, 5.41) is 21.9. The van der Waals surface area contributed by atoms with Crippen molar-refractivity contribution < 1.29 is 60.0 Å². The molecule has 0 unspecified atom stereocenters. The maximum absolute atomic E-state index is 15.7. The molecule has 0 saturated heterocycles. The van der Waals surface area contributed by atoms with Gasteiger partial charge in [-0.3, -0.25) is 10.4 Å². The number of nitrogens with two attached hydrogens (primary N) is 1. The topological polar surface area (TPSA) is 159 Å². The minimum Gasteiger partial charge on any atom is -0.494 e. The fraction of sp³-hybridized carbons (Fsp3) is 0.333. The highest BCUT2D eigenvalue weighted by Crippen LogP contribution is 2.38. The van der Waals surface area contributed by atoms with Crippen LogP contribution in [0.1, 0.15) is 44.6 Å². The molecular weight excluding hydrogens is 645 g/mol. The zero-order valence-corrected chi connectivity index (χ0v) is 25.5. The van der Waals surface area contributed by atoms with Crippen LogP contribution in [0.4, 0.5) is 42.1 Å². The van der Waals surface area contributed by atoms with Crippen molar-refractivity contribution in [3.8, 4) is 11.5 Å². The summed E-state index contributed by atoms with van der Waals surface area (Å²) in [4.78, 5) is 24.3. The van der Waals surface area contributed by atoms with Crippen LogP contribution in [0, 0.1) is 11.2 Å². The predicted molar refractivity (Wildman–Crippen MR) is 158 cm³/mol. The zero-order valence-electron chi connectivity index (χ0n) is 25.5. The Hall–Kier alpha value is -5.09. The lowest BCUT2D eigenvalue weighted by molar-refractivity contribution is -0.193. The number of amidine groups is 1. The fourth-order valence-electron chi connectivity index (χ4n) is 3.46. The van der Waals surface area contributed by atoms with E-state index in [2.05, 4.69) is 0 Å². The first-order chi connectivity index (χ1) is 21.7. The van der Waals surface area contributed by atoms with Crippen molar-refractivity contribution in [2.45, 2.75) is 59.1 Å². The molecule has 0 saturated carbocycles. The molecule has 10 nitrogen and oxygen atoms in total. The summed E-state index contributed by atoms with van der Waals surface area (Å²) in [5.41, 5.74) is 9.02. The Morgan fingerprint density at radius 3 is 1.87 bits per heavy atom. The lowest BCUT2D eigenvalue weighted by atomic mass is 10.1. The van der Waals surface area contributed by atoms with Gasteiger partial charge in [0.25, 0.3) is 0 Å². The molecule has 3 rings (SSSR count). The van der Waals surface area contributed by atoms with Crippen molar-refractivity contribution in [3.63, 3.8) is 0 Å². The number of aromatic nitrogens is 1. The van der Waals surface area contributed by atoms with Gasteiger partial charge in [0.1, 0.15) is 11.6 Å². The second-order valence-electron chi connectivity index (χ2n) is 9.48. The lowest BCUT2D eigenvalue weighted by Crippen LogP contribution is -2.21. The fourth-order valence-corrected chi connectivity index (χ4v) is 3.46. The maximum Gasteiger partial charge on any atom is 0.490 e. The van der Waals surface area contributed by atoms with E-state index in [0.29, 0.717) is 30.2 Å². The second kappa shape index (κ2) is 17.6. The van der Waals surface area contributed by atoms with Crippen LogP contribution in [0.25, 0.3) is 0 Å². The molecule has 1 aromatic heterocycles. The first-order valence-electron chi connectivity index (χ1n) is 13.6. The Morgan fingerprint density at radius 1 is 0.936 bits per heavy atom. The van der Waals surface area contributed by atoms with Gasteiger partial charge in [-0.25, -0.2) is 14.0 Å². The molecule has 0 radical (unpaired) electrons. The van der Waals surface area contributed by atoms with Gasteiger partial charge in [0.05, 0.1) is 30.6 Å². The number of pyridine rings is 1. The van der Waals surface area contributed by atoms with Crippen LogP contribution in [-0.4, -0.2) is 58.0 Å². The van der Waals surface area contributed by atoms with Gasteiger partial charge in [-0.05, 0) is 63.6 Å². The minimum atomic E-state index is -5.08. The van der Waals surface area contributed by atoms with Gasteiger partial charge in [0.2, 0.25) is 0 Å². The summed E-state index contributed by atoms with van der Waals surface area (Å²) in [7, 11) is 0. The third kappa shape index (κ3) is 13.4. The number of carbonyl (C=O) groups is 2. The number of hydrogen-bond donors (Lipinski definition) is 4. The number of halogens is 7. The molecular formula is C30H33F7N4O6. The van der Waals surface area contributed by atoms with E-state index in [0.717, 1.165) is 23.5 Å². The van der Waals surface area contributed by atoms with Crippen LogP contribution in [0.15, 0.2) is 54.6 Å². The first kappa shape index (κ1) is 39.9. The normalized spacial score (nSPS) is 11.0. The number of ether oxygens (including phenoxy) is 2. The van der Waals surface area contributed by atoms with Crippen LogP contribution in [0.2, 0.25) is 0 Å². The molecule has 0 spiro atoms. The Labute approximate surface area is 265 Å². The molecule has 0 aliphatic carbocycles. The Balaban J connectivity index is 0.000000658. The molecule has 3 aromatic rings. The molecule has 0 fully saturated rings. The van der Waals surface area contributed by atoms with E-state index in [1.54, 1.807) is 24.3 Å². The number of benzene rings is 2. The summed E-state index contributed by atoms with van der Waals surface area (Å²) in [5.74, 6) is -5.37. The minimum absolute atomic E-state index is 0.0254. The molecule has 0 aliphatic rings. The third-order valence-electron chi connectivity index (χ3n) is 5.48. The van der Waals surface area contributed by atoms with Gasteiger partial charge in [-0.2, -0.15) is 26.3 Å². The molecule has 0 aliphatic heterocycles. The van der Waals surface area contributed by atoms with Crippen molar-refractivity contribution in [3.05, 3.63) is 77.4 Å². The highest BCUT2D eigenvalue weighted by Gasteiger charge is 2.38. The van der Waals surface area contributed by atoms with Crippen LogP contribution in [0.3, 0.4) is 0 Å². The quantitative estimate of drug-likeness (QED) is 0.102. The largest absolute Gasteiger partial charge is 0.494 e. The number of aryl methyl sites for hydroxylation is 1. The number of nitrogens with one attached hydrogen (secondary N) is 1. The van der Waals surface area contributed by atoms with Crippen molar-refractivity contribution in [2.75, 3.05) is 11.5 Å². The highest BCUT2D eigenvalue weighted by molar-refractivity contribution is 5.95. The van der Waals surface area contributed by atoms with Gasteiger partial charge < -0.3 is 30.3 Å². The smallest absolute Gasteiger partial charge is 0.490 e. The Morgan fingerprint density at radius 2 is 1.45 bits per heavy atom. The van der Waals surface area contributed by atoms with Crippen molar-refractivity contribution >= 4 is 29.1 Å². The van der Waals surface area contributed by atoms with E-state index in [4.69, 9.17) is 45.4 Å². The number of anilines is 2. The number of nitrogens with zero attached hydrogens (tertiary/aromatic N) is 2. The van der Waals surface area contributed by atoms with E-state index in [9.17, 15) is 26.3 Å². The number of hydrogen-bond acceptors (Lipinski definition) is 7. The lowest BCUT2D eigenvalue weighted by Gasteiger charge is -2.27. The average molecular weight is 679 g/mol. The molecule has 0 atom stereocenters. The summed E-state index contributed by atoms with van der Waals surface area (Å²) >= 11 is 0. The number of alkyl halides is 6. The number of aliphatic carboxylic acids is 2. The third-order valence-corrected chi connectivity index (χ3v) is 5.48. The van der Waals surface area contributed by atoms with E-state index in [1.807, 2.05) is 62.9 Å². The molecule has 258 valence electrons. The van der Waals surface area contributed by atoms with Crippen LogP contribution in [-0.2, 0) is 22.6 Å². The Kier molecular flexibility index (Phi) is 14.9. The Bertz CT molecular complexity index is 1470. The molecule has 0 amide bonds. The number of nitrogen functional groups attached to an aromatic ring is 1. The summed E-state index contributed by atoms with van der Waals surface area (Å²) in [6, 6.07) is 16.2. The summed E-state index contributed by atoms with van der Waals surface area (Å²) in [6.45, 7) is 8.41. The molecule has 1 heterocycles. The zero-order chi connectivity index (χ0) is 36.1. The number of carboxylic acids is 2. The molecule has 47 heavy (non-hydrogen) atoms. The number of carboxylic acid groups (broad SMARTS) is 2. The molecule has 2 aromatic carbocycles. The van der Waals surface area contributed by atoms with Gasteiger partial charge in [-0.15, -0.1) is 0 Å². The van der Waals surface area contributed by atoms with Crippen molar-refractivity contribution in [2.24, 2.45) is 5.73 Å². The van der Waals surface area contributed by atoms with E-state index in [-0.39, 0.29) is 17.7 Å².